The lowest BCUT2D eigenvalue weighted by molar-refractivity contribution is 0.280. The molecular formula is C19H33NO2. The molecule has 22 heavy (non-hydrogen) atoms. The second-order valence-corrected chi connectivity index (χ2v) is 7.02. The van der Waals surface area contributed by atoms with Crippen molar-refractivity contribution in [3.8, 4) is 11.5 Å². The number of methoxy groups -OCH3 is 1. The second kappa shape index (κ2) is 9.73. The number of nitrogens with one attached hydrogen (secondary N) is 1. The monoisotopic (exact) mass is 307 g/mol. The molecule has 1 rings (SSSR count). The lowest BCUT2D eigenvalue weighted by Gasteiger charge is -2.20. The van der Waals surface area contributed by atoms with E-state index in [1.165, 1.54) is 24.8 Å². The van der Waals surface area contributed by atoms with Crippen molar-refractivity contribution in [1.82, 2.24) is 5.32 Å². The van der Waals surface area contributed by atoms with Gasteiger partial charge in [-0.1, -0.05) is 59.1 Å². The van der Waals surface area contributed by atoms with Crippen molar-refractivity contribution in [3.05, 3.63) is 23.8 Å². The molecule has 0 radical (unpaired) electrons. The van der Waals surface area contributed by atoms with E-state index in [0.29, 0.717) is 0 Å². The van der Waals surface area contributed by atoms with E-state index in [4.69, 9.17) is 9.47 Å². The van der Waals surface area contributed by atoms with Crippen LogP contribution < -0.4 is 14.8 Å². The third-order valence-corrected chi connectivity index (χ3v) is 3.50. The number of rotatable bonds is 10. The summed E-state index contributed by atoms with van der Waals surface area (Å²) >= 11 is 0. The SMILES string of the molecule is CCCCCCOc1c(CNCC(C)(C)C)cccc1OC. The molecule has 0 aliphatic heterocycles. The van der Waals surface area contributed by atoms with Crippen molar-refractivity contribution in [1.29, 1.82) is 0 Å². The fourth-order valence-electron chi connectivity index (χ4n) is 2.30. The van der Waals surface area contributed by atoms with Crippen LogP contribution in [-0.4, -0.2) is 20.3 Å². The van der Waals surface area contributed by atoms with Crippen LogP contribution in [0.3, 0.4) is 0 Å². The second-order valence-electron chi connectivity index (χ2n) is 7.02. The van der Waals surface area contributed by atoms with E-state index in [1.54, 1.807) is 7.11 Å². The highest BCUT2D eigenvalue weighted by atomic mass is 16.5. The molecule has 0 aromatic heterocycles. The minimum atomic E-state index is 0.278. The van der Waals surface area contributed by atoms with E-state index >= 15 is 0 Å². The van der Waals surface area contributed by atoms with E-state index < -0.39 is 0 Å². The van der Waals surface area contributed by atoms with Gasteiger partial charge in [0.15, 0.2) is 11.5 Å². The molecule has 0 spiro atoms. The Balaban J connectivity index is 2.62. The van der Waals surface area contributed by atoms with Gasteiger partial charge in [-0.2, -0.15) is 0 Å². The Morgan fingerprint density at radius 2 is 1.86 bits per heavy atom. The number of hydrogen-bond donors (Lipinski definition) is 1. The van der Waals surface area contributed by atoms with Crippen LogP contribution in [0, 0.1) is 5.41 Å². The third kappa shape index (κ3) is 7.17. The number of para-hydroxylation sites is 1. The molecule has 0 bridgehead atoms. The molecule has 0 atom stereocenters. The van der Waals surface area contributed by atoms with Crippen LogP contribution in [0.15, 0.2) is 18.2 Å². The van der Waals surface area contributed by atoms with Crippen molar-refractivity contribution >= 4 is 0 Å². The average molecular weight is 307 g/mol. The van der Waals surface area contributed by atoms with E-state index in [0.717, 1.165) is 37.6 Å². The van der Waals surface area contributed by atoms with Gasteiger partial charge in [-0.25, -0.2) is 0 Å². The topological polar surface area (TPSA) is 30.5 Å². The average Bonchev–Trinajstić information content (AvgIpc) is 2.46. The minimum absolute atomic E-state index is 0.278. The molecule has 0 aliphatic rings. The van der Waals surface area contributed by atoms with Gasteiger partial charge in [0.05, 0.1) is 13.7 Å². The van der Waals surface area contributed by atoms with Gasteiger partial charge < -0.3 is 14.8 Å². The Kier molecular flexibility index (Phi) is 8.32. The van der Waals surface area contributed by atoms with Crippen LogP contribution >= 0.6 is 0 Å². The summed E-state index contributed by atoms with van der Waals surface area (Å²) in [4.78, 5) is 0. The standard InChI is InChI=1S/C19H33NO2/c1-6-7-8-9-13-22-18-16(11-10-12-17(18)21-5)14-20-15-19(2,3)4/h10-12,20H,6-9,13-15H2,1-5H3. The maximum Gasteiger partial charge on any atom is 0.165 e. The molecule has 126 valence electrons. The van der Waals surface area contributed by atoms with Gasteiger partial charge in [0.2, 0.25) is 0 Å². The normalized spacial score (nSPS) is 11.5. The molecular weight excluding hydrogens is 274 g/mol. The van der Waals surface area contributed by atoms with Gasteiger partial charge in [-0.15, -0.1) is 0 Å². The predicted molar refractivity (Wildman–Crippen MR) is 93.8 cm³/mol. The Bertz CT molecular complexity index is 424. The molecule has 0 unspecified atom stereocenters. The van der Waals surface area contributed by atoms with Crippen molar-refractivity contribution in [2.75, 3.05) is 20.3 Å². The van der Waals surface area contributed by atoms with Gasteiger partial charge in [0, 0.05) is 18.7 Å². The fourth-order valence-corrected chi connectivity index (χ4v) is 2.30. The highest BCUT2D eigenvalue weighted by Crippen LogP contribution is 2.31. The minimum Gasteiger partial charge on any atom is -0.493 e. The summed E-state index contributed by atoms with van der Waals surface area (Å²) in [6, 6.07) is 6.10. The molecule has 0 saturated carbocycles. The molecule has 0 amide bonds. The number of hydrogen-bond acceptors (Lipinski definition) is 3. The summed E-state index contributed by atoms with van der Waals surface area (Å²) in [6.07, 6.45) is 4.84. The maximum atomic E-state index is 6.02. The quantitative estimate of drug-likeness (QED) is 0.630. The molecule has 1 aromatic carbocycles. The van der Waals surface area contributed by atoms with Crippen LogP contribution in [0.1, 0.15) is 58.9 Å². The highest BCUT2D eigenvalue weighted by Gasteiger charge is 2.13. The Labute approximate surface area is 136 Å². The Morgan fingerprint density at radius 1 is 1.09 bits per heavy atom. The number of benzene rings is 1. The lowest BCUT2D eigenvalue weighted by atomic mass is 9.97. The predicted octanol–water partition coefficient (Wildman–Crippen LogP) is 4.79. The van der Waals surface area contributed by atoms with E-state index in [1.807, 2.05) is 12.1 Å². The van der Waals surface area contributed by atoms with E-state index in [2.05, 4.69) is 39.1 Å². The highest BCUT2D eigenvalue weighted by molar-refractivity contribution is 5.46. The zero-order chi connectivity index (χ0) is 16.4. The fraction of sp³-hybridized carbons (Fsp3) is 0.684. The Hall–Kier alpha value is -1.22. The van der Waals surface area contributed by atoms with Gasteiger partial charge in [0.1, 0.15) is 0 Å². The van der Waals surface area contributed by atoms with Gasteiger partial charge in [-0.3, -0.25) is 0 Å². The first-order valence-electron chi connectivity index (χ1n) is 8.47. The molecule has 3 nitrogen and oxygen atoms in total. The molecule has 1 N–H and O–H groups in total. The lowest BCUT2D eigenvalue weighted by Crippen LogP contribution is -2.26. The summed E-state index contributed by atoms with van der Waals surface area (Å²) in [6.45, 7) is 11.5. The van der Waals surface area contributed by atoms with Crippen molar-refractivity contribution < 1.29 is 9.47 Å². The van der Waals surface area contributed by atoms with Crippen LogP contribution in [-0.2, 0) is 6.54 Å². The van der Waals surface area contributed by atoms with Crippen LogP contribution in [0.25, 0.3) is 0 Å². The largest absolute Gasteiger partial charge is 0.493 e. The number of unbranched alkanes of at least 4 members (excludes halogenated alkanes) is 3. The van der Waals surface area contributed by atoms with Gasteiger partial charge >= 0.3 is 0 Å². The van der Waals surface area contributed by atoms with Gasteiger partial charge in [0.25, 0.3) is 0 Å². The molecule has 0 saturated heterocycles. The molecule has 0 aliphatic carbocycles. The van der Waals surface area contributed by atoms with Crippen LogP contribution in [0.2, 0.25) is 0 Å². The van der Waals surface area contributed by atoms with Crippen molar-refractivity contribution in [2.24, 2.45) is 5.41 Å². The van der Waals surface area contributed by atoms with Gasteiger partial charge in [-0.05, 0) is 17.9 Å². The molecule has 0 heterocycles. The van der Waals surface area contributed by atoms with Crippen LogP contribution in [0.4, 0.5) is 0 Å². The first-order chi connectivity index (χ1) is 10.5. The number of ether oxygens (including phenoxy) is 2. The van der Waals surface area contributed by atoms with Crippen molar-refractivity contribution in [3.63, 3.8) is 0 Å². The Morgan fingerprint density at radius 3 is 2.50 bits per heavy atom. The summed E-state index contributed by atoms with van der Waals surface area (Å²) in [5.41, 5.74) is 1.44. The molecule has 3 heteroatoms. The first kappa shape index (κ1) is 18.8. The first-order valence-corrected chi connectivity index (χ1v) is 8.47. The summed E-state index contributed by atoms with van der Waals surface area (Å²) in [5, 5.41) is 3.51. The van der Waals surface area contributed by atoms with E-state index in [-0.39, 0.29) is 5.41 Å². The van der Waals surface area contributed by atoms with Crippen molar-refractivity contribution in [2.45, 2.75) is 59.9 Å². The molecule has 0 fully saturated rings. The molecule has 1 aromatic rings. The van der Waals surface area contributed by atoms with Crippen LogP contribution in [0.5, 0.6) is 11.5 Å². The summed E-state index contributed by atoms with van der Waals surface area (Å²) in [5.74, 6) is 1.72. The zero-order valence-electron chi connectivity index (χ0n) is 15.0. The summed E-state index contributed by atoms with van der Waals surface area (Å²) in [7, 11) is 1.70. The maximum absolute atomic E-state index is 6.02. The summed E-state index contributed by atoms with van der Waals surface area (Å²) < 4.78 is 11.5. The zero-order valence-corrected chi connectivity index (χ0v) is 15.0. The third-order valence-electron chi connectivity index (χ3n) is 3.50. The smallest absolute Gasteiger partial charge is 0.165 e. The van der Waals surface area contributed by atoms with E-state index in [9.17, 15) is 0 Å².